The number of nitrogens with two attached hydrogens (primary N) is 3. The second kappa shape index (κ2) is 11.6. The number of carbonyl (C=O) groups is 1. The fourth-order valence-corrected chi connectivity index (χ4v) is 3.56. The van der Waals surface area contributed by atoms with Crippen LogP contribution in [0.4, 0.5) is 5.13 Å². The quantitative estimate of drug-likeness (QED) is 0.146. The van der Waals surface area contributed by atoms with Gasteiger partial charge in [-0.3, -0.25) is 14.8 Å². The van der Waals surface area contributed by atoms with E-state index in [0.717, 1.165) is 17.7 Å². The molecule has 1 aliphatic heterocycles. The van der Waals surface area contributed by atoms with Gasteiger partial charge in [0.2, 0.25) is 0 Å². The SMILES string of the molecule is NC=NCCCN=C(N)N1Cc2ccc(OCCO/N=C(\C=O)c3csc(N)n3)cc2C1. The maximum absolute atomic E-state index is 11.1. The van der Waals surface area contributed by atoms with E-state index in [0.29, 0.717) is 49.3 Å². The fraction of sp³-hybridized carbons (Fsp3) is 0.350. The zero-order valence-corrected chi connectivity index (χ0v) is 18.3. The first-order valence-electron chi connectivity index (χ1n) is 9.96. The number of hydrogen-bond donors (Lipinski definition) is 3. The predicted molar refractivity (Wildman–Crippen MR) is 125 cm³/mol. The molecule has 11 nitrogen and oxygen atoms in total. The van der Waals surface area contributed by atoms with Gasteiger partial charge in [-0.15, -0.1) is 11.3 Å². The Kier molecular flexibility index (Phi) is 8.37. The van der Waals surface area contributed by atoms with Crippen molar-refractivity contribution in [3.8, 4) is 5.75 Å². The van der Waals surface area contributed by atoms with E-state index >= 15 is 0 Å². The van der Waals surface area contributed by atoms with E-state index in [2.05, 4.69) is 20.1 Å². The van der Waals surface area contributed by atoms with Crippen molar-refractivity contribution in [1.82, 2.24) is 9.88 Å². The molecule has 0 radical (unpaired) electrons. The minimum absolute atomic E-state index is 0.0851. The number of aliphatic imine (C=N–C) groups is 2. The van der Waals surface area contributed by atoms with E-state index in [4.69, 9.17) is 26.8 Å². The van der Waals surface area contributed by atoms with Crippen LogP contribution in [0.3, 0.4) is 0 Å². The lowest BCUT2D eigenvalue weighted by molar-refractivity contribution is -0.102. The van der Waals surface area contributed by atoms with Crippen LogP contribution in [-0.4, -0.2) is 60.5 Å². The van der Waals surface area contributed by atoms with Crippen LogP contribution in [0.5, 0.6) is 5.75 Å². The Hall–Kier alpha value is -3.67. The Balaban J connectivity index is 1.44. The molecule has 0 saturated heterocycles. The minimum Gasteiger partial charge on any atom is -0.490 e. The highest BCUT2D eigenvalue weighted by atomic mass is 32.1. The summed E-state index contributed by atoms with van der Waals surface area (Å²) in [5.41, 5.74) is 19.7. The molecule has 1 aromatic carbocycles. The first-order valence-corrected chi connectivity index (χ1v) is 10.8. The number of thiazole rings is 1. The van der Waals surface area contributed by atoms with Crippen LogP contribution in [0, 0.1) is 0 Å². The Bertz CT molecular complexity index is 1000. The van der Waals surface area contributed by atoms with Crippen LogP contribution in [0.15, 0.2) is 38.7 Å². The fourth-order valence-electron chi connectivity index (χ4n) is 3.00. The van der Waals surface area contributed by atoms with Gasteiger partial charge in [0.15, 0.2) is 29.7 Å². The number of nitrogens with zero attached hydrogens (tertiary/aromatic N) is 5. The van der Waals surface area contributed by atoms with Gasteiger partial charge in [-0.25, -0.2) is 4.98 Å². The van der Waals surface area contributed by atoms with E-state index < -0.39 is 0 Å². The standard InChI is InChI=1S/C20H26N8O3S/c21-13-24-4-1-5-25-19(22)28-9-14-2-3-16(8-15(14)10-28)30-6-7-31-27-17(11-29)18-12-32-20(23)26-18/h2-3,8,11-13H,1,4-7,9-10H2,(H2,21,24)(H2,22,25)(H2,23,26)/b27-17+. The number of anilines is 1. The number of fused-ring (bicyclic) bond motifs is 1. The molecule has 3 rings (SSSR count). The molecule has 12 heteroatoms. The molecule has 1 aliphatic rings. The molecule has 170 valence electrons. The summed E-state index contributed by atoms with van der Waals surface area (Å²) in [6, 6.07) is 5.90. The van der Waals surface area contributed by atoms with Gasteiger partial charge in [0.1, 0.15) is 18.1 Å². The summed E-state index contributed by atoms with van der Waals surface area (Å²) in [7, 11) is 0. The zero-order chi connectivity index (χ0) is 22.8. The van der Waals surface area contributed by atoms with E-state index in [9.17, 15) is 4.79 Å². The van der Waals surface area contributed by atoms with Crippen LogP contribution in [0.25, 0.3) is 0 Å². The Morgan fingerprint density at radius 2 is 2.09 bits per heavy atom. The lowest BCUT2D eigenvalue weighted by atomic mass is 10.1. The maximum atomic E-state index is 11.1. The number of aromatic nitrogens is 1. The number of hydrogen-bond acceptors (Lipinski definition) is 9. The second-order valence-electron chi connectivity index (χ2n) is 6.78. The maximum Gasteiger partial charge on any atom is 0.191 e. The Morgan fingerprint density at radius 3 is 2.84 bits per heavy atom. The Morgan fingerprint density at radius 1 is 1.25 bits per heavy atom. The topological polar surface area (TPSA) is 167 Å². The molecule has 2 aromatic rings. The van der Waals surface area contributed by atoms with E-state index in [-0.39, 0.29) is 18.9 Å². The number of guanidine groups is 1. The van der Waals surface area contributed by atoms with Crippen LogP contribution in [0.2, 0.25) is 0 Å². The smallest absolute Gasteiger partial charge is 0.191 e. The number of oxime groups is 1. The van der Waals surface area contributed by atoms with Gasteiger partial charge in [0, 0.05) is 31.6 Å². The summed E-state index contributed by atoms with van der Waals surface area (Å²) in [4.78, 5) is 30.7. The number of nitrogen functional groups attached to an aromatic ring is 1. The number of carbonyl (C=O) groups excluding carboxylic acids is 1. The minimum atomic E-state index is 0.0851. The molecule has 1 aromatic heterocycles. The van der Waals surface area contributed by atoms with Crippen molar-refractivity contribution < 1.29 is 14.4 Å². The molecule has 0 unspecified atom stereocenters. The molecule has 0 atom stereocenters. The van der Waals surface area contributed by atoms with Gasteiger partial charge >= 0.3 is 0 Å². The molecule has 0 bridgehead atoms. The molecule has 6 N–H and O–H groups in total. The molecular weight excluding hydrogens is 432 g/mol. The lowest BCUT2D eigenvalue weighted by Gasteiger charge is -2.16. The van der Waals surface area contributed by atoms with Crippen LogP contribution < -0.4 is 21.9 Å². The number of aldehydes is 1. The number of ether oxygens (including phenoxy) is 1. The monoisotopic (exact) mass is 458 g/mol. The molecule has 0 spiro atoms. The third kappa shape index (κ3) is 6.41. The van der Waals surface area contributed by atoms with Crippen molar-refractivity contribution >= 4 is 40.8 Å². The van der Waals surface area contributed by atoms with Gasteiger partial charge < -0.3 is 31.7 Å². The van der Waals surface area contributed by atoms with Crippen molar-refractivity contribution in [1.29, 1.82) is 0 Å². The highest BCUT2D eigenvalue weighted by Crippen LogP contribution is 2.26. The first kappa shape index (κ1) is 23.0. The first-order chi connectivity index (χ1) is 15.6. The second-order valence-corrected chi connectivity index (χ2v) is 7.67. The van der Waals surface area contributed by atoms with Crippen molar-refractivity contribution in [3.63, 3.8) is 0 Å². The van der Waals surface area contributed by atoms with Crippen molar-refractivity contribution in [3.05, 3.63) is 40.4 Å². The van der Waals surface area contributed by atoms with Gasteiger partial charge in [-0.05, 0) is 29.7 Å². The van der Waals surface area contributed by atoms with Crippen molar-refractivity contribution in [2.45, 2.75) is 19.5 Å². The van der Waals surface area contributed by atoms with Crippen molar-refractivity contribution in [2.24, 2.45) is 26.6 Å². The largest absolute Gasteiger partial charge is 0.490 e. The average Bonchev–Trinajstić information content (AvgIpc) is 3.42. The van der Waals surface area contributed by atoms with E-state index in [1.54, 1.807) is 5.38 Å². The summed E-state index contributed by atoms with van der Waals surface area (Å²) in [6.45, 7) is 3.07. The molecule has 2 heterocycles. The molecular formula is C20H26N8O3S. The molecule has 32 heavy (non-hydrogen) atoms. The highest BCUT2D eigenvalue weighted by Gasteiger charge is 2.20. The molecule has 0 fully saturated rings. The van der Waals surface area contributed by atoms with Gasteiger partial charge in [-0.1, -0.05) is 11.2 Å². The average molecular weight is 459 g/mol. The molecule has 0 amide bonds. The Labute approximate surface area is 189 Å². The van der Waals surface area contributed by atoms with Gasteiger partial charge in [-0.2, -0.15) is 0 Å². The summed E-state index contributed by atoms with van der Waals surface area (Å²) >= 11 is 1.23. The third-order valence-corrected chi connectivity index (χ3v) is 5.22. The van der Waals surface area contributed by atoms with E-state index in [1.165, 1.54) is 23.2 Å². The molecule has 0 aliphatic carbocycles. The summed E-state index contributed by atoms with van der Waals surface area (Å²) < 4.78 is 5.73. The zero-order valence-electron chi connectivity index (χ0n) is 17.5. The third-order valence-electron chi connectivity index (χ3n) is 4.55. The predicted octanol–water partition coefficient (Wildman–Crippen LogP) is 0.731. The lowest BCUT2D eigenvalue weighted by Crippen LogP contribution is -2.33. The van der Waals surface area contributed by atoms with Gasteiger partial charge in [0.05, 0.1) is 6.34 Å². The summed E-state index contributed by atoms with van der Waals surface area (Å²) in [5, 5.41) is 5.80. The number of benzene rings is 1. The van der Waals surface area contributed by atoms with Crippen LogP contribution in [0.1, 0.15) is 23.2 Å². The number of rotatable bonds is 11. The van der Waals surface area contributed by atoms with Crippen LogP contribution in [-0.2, 0) is 22.7 Å². The summed E-state index contributed by atoms with van der Waals surface area (Å²) in [5.74, 6) is 1.23. The molecule has 0 saturated carbocycles. The van der Waals surface area contributed by atoms with Gasteiger partial charge in [0.25, 0.3) is 0 Å². The van der Waals surface area contributed by atoms with Crippen molar-refractivity contribution in [2.75, 3.05) is 32.0 Å². The highest BCUT2D eigenvalue weighted by molar-refractivity contribution is 7.13. The summed E-state index contributed by atoms with van der Waals surface area (Å²) in [6.07, 6.45) is 2.67. The van der Waals surface area contributed by atoms with Crippen LogP contribution >= 0.6 is 11.3 Å². The normalized spacial score (nSPS) is 14.1. The van der Waals surface area contributed by atoms with E-state index in [1.807, 2.05) is 23.1 Å².